The van der Waals surface area contributed by atoms with Gasteiger partial charge in [-0.2, -0.15) is 0 Å². The van der Waals surface area contributed by atoms with E-state index in [2.05, 4.69) is 12.2 Å². The van der Waals surface area contributed by atoms with E-state index >= 15 is 0 Å². The standard InChI is InChI=1S/C29H31NO4/c1-2-3-4-8-21-33-29(32)25-14-16-26(17-15-25)30-28(31)20-13-23-11-18-27(19-12-23)34-22-24-9-6-5-7-10-24/h5-7,9-20H,2-4,8,21-22H2,1H3,(H,30,31)/b20-13+. The van der Waals surface area contributed by atoms with Gasteiger partial charge in [0, 0.05) is 11.8 Å². The van der Waals surface area contributed by atoms with Gasteiger partial charge in [-0.25, -0.2) is 4.79 Å². The molecule has 0 aliphatic rings. The number of benzene rings is 3. The molecule has 5 nitrogen and oxygen atoms in total. The number of amides is 1. The first-order valence-electron chi connectivity index (χ1n) is 11.7. The Bertz CT molecular complexity index is 1060. The van der Waals surface area contributed by atoms with E-state index in [4.69, 9.17) is 9.47 Å². The molecule has 3 rings (SSSR count). The zero-order valence-electron chi connectivity index (χ0n) is 19.5. The average Bonchev–Trinajstić information content (AvgIpc) is 2.87. The number of rotatable bonds is 12. The normalized spacial score (nSPS) is 10.7. The van der Waals surface area contributed by atoms with E-state index in [-0.39, 0.29) is 11.9 Å². The van der Waals surface area contributed by atoms with Crippen molar-refractivity contribution in [3.8, 4) is 5.75 Å². The Morgan fingerprint density at radius 2 is 1.59 bits per heavy atom. The third-order valence-electron chi connectivity index (χ3n) is 5.17. The number of unbranched alkanes of at least 4 members (excludes halogenated alkanes) is 3. The summed E-state index contributed by atoms with van der Waals surface area (Å²) in [6.45, 7) is 3.08. The molecule has 0 unspecified atom stereocenters. The molecule has 0 aromatic heterocycles. The molecule has 1 amide bonds. The summed E-state index contributed by atoms with van der Waals surface area (Å²) >= 11 is 0. The molecule has 176 valence electrons. The second-order valence-electron chi connectivity index (χ2n) is 7.94. The summed E-state index contributed by atoms with van der Waals surface area (Å²) in [5, 5.41) is 2.79. The molecule has 0 fully saturated rings. The quantitative estimate of drug-likeness (QED) is 0.188. The van der Waals surface area contributed by atoms with Crippen LogP contribution in [0.3, 0.4) is 0 Å². The van der Waals surface area contributed by atoms with Crippen LogP contribution in [0, 0.1) is 0 Å². The van der Waals surface area contributed by atoms with Crippen LogP contribution in [0.1, 0.15) is 54.1 Å². The van der Waals surface area contributed by atoms with Crippen LogP contribution in [0.2, 0.25) is 0 Å². The molecule has 0 radical (unpaired) electrons. The number of ether oxygens (including phenoxy) is 2. The maximum Gasteiger partial charge on any atom is 0.338 e. The second kappa shape index (κ2) is 13.6. The smallest absolute Gasteiger partial charge is 0.338 e. The van der Waals surface area contributed by atoms with Crippen molar-refractivity contribution in [1.29, 1.82) is 0 Å². The van der Waals surface area contributed by atoms with Crippen molar-refractivity contribution < 1.29 is 19.1 Å². The minimum absolute atomic E-state index is 0.254. The molecule has 5 heteroatoms. The van der Waals surface area contributed by atoms with Gasteiger partial charge in [-0.1, -0.05) is 68.7 Å². The zero-order chi connectivity index (χ0) is 24.0. The summed E-state index contributed by atoms with van der Waals surface area (Å²) in [4.78, 5) is 24.3. The largest absolute Gasteiger partial charge is 0.489 e. The first-order valence-corrected chi connectivity index (χ1v) is 11.7. The molecular weight excluding hydrogens is 426 g/mol. The average molecular weight is 458 g/mol. The molecule has 0 atom stereocenters. The molecule has 0 saturated heterocycles. The third-order valence-corrected chi connectivity index (χ3v) is 5.17. The lowest BCUT2D eigenvalue weighted by atomic mass is 10.2. The van der Waals surface area contributed by atoms with Gasteiger partial charge in [-0.05, 0) is 60.0 Å². The Balaban J connectivity index is 1.43. The SMILES string of the molecule is CCCCCCOC(=O)c1ccc(NC(=O)/C=C/c2ccc(OCc3ccccc3)cc2)cc1. The summed E-state index contributed by atoms with van der Waals surface area (Å²) in [6.07, 6.45) is 7.44. The highest BCUT2D eigenvalue weighted by Gasteiger charge is 2.07. The zero-order valence-corrected chi connectivity index (χ0v) is 19.5. The van der Waals surface area contributed by atoms with Crippen molar-refractivity contribution in [3.05, 3.63) is 102 Å². The predicted molar refractivity (Wildman–Crippen MR) is 136 cm³/mol. The topological polar surface area (TPSA) is 64.6 Å². The molecule has 34 heavy (non-hydrogen) atoms. The lowest BCUT2D eigenvalue weighted by Crippen LogP contribution is -2.09. The van der Waals surface area contributed by atoms with Gasteiger partial charge in [0.05, 0.1) is 12.2 Å². The van der Waals surface area contributed by atoms with E-state index in [0.29, 0.717) is 24.5 Å². The van der Waals surface area contributed by atoms with Gasteiger partial charge in [-0.3, -0.25) is 4.79 Å². The minimum atomic E-state index is -0.342. The summed E-state index contributed by atoms with van der Waals surface area (Å²) in [7, 11) is 0. The predicted octanol–water partition coefficient (Wildman–Crippen LogP) is 6.65. The van der Waals surface area contributed by atoms with Crippen molar-refractivity contribution in [2.75, 3.05) is 11.9 Å². The molecular formula is C29H31NO4. The Labute approximate surface area is 201 Å². The highest BCUT2D eigenvalue weighted by atomic mass is 16.5. The lowest BCUT2D eigenvalue weighted by Gasteiger charge is -2.07. The second-order valence-corrected chi connectivity index (χ2v) is 7.94. The Hall–Kier alpha value is -3.86. The van der Waals surface area contributed by atoms with Crippen LogP contribution in [0.25, 0.3) is 6.08 Å². The maximum absolute atomic E-state index is 12.2. The van der Waals surface area contributed by atoms with Crippen molar-refractivity contribution in [2.45, 2.75) is 39.2 Å². The molecule has 0 aliphatic carbocycles. The first kappa shape index (κ1) is 24.8. The number of esters is 1. The fourth-order valence-corrected chi connectivity index (χ4v) is 3.24. The third kappa shape index (κ3) is 8.58. The number of hydrogen-bond donors (Lipinski definition) is 1. The molecule has 0 aliphatic heterocycles. The summed E-state index contributed by atoms with van der Waals surface area (Å²) in [5.74, 6) is 0.172. The van der Waals surface area contributed by atoms with Gasteiger partial charge in [-0.15, -0.1) is 0 Å². The first-order chi connectivity index (χ1) is 16.6. The van der Waals surface area contributed by atoms with Crippen molar-refractivity contribution in [2.24, 2.45) is 0 Å². The Morgan fingerprint density at radius 1 is 0.853 bits per heavy atom. The van der Waals surface area contributed by atoms with Crippen LogP contribution in [0.15, 0.2) is 84.9 Å². The number of nitrogens with one attached hydrogen (secondary N) is 1. The molecule has 0 heterocycles. The number of anilines is 1. The van der Waals surface area contributed by atoms with Crippen LogP contribution >= 0.6 is 0 Å². The summed E-state index contributed by atoms with van der Waals surface area (Å²) in [5.41, 5.74) is 3.08. The van der Waals surface area contributed by atoms with Crippen molar-refractivity contribution in [1.82, 2.24) is 0 Å². The van der Waals surface area contributed by atoms with Crippen molar-refractivity contribution >= 4 is 23.6 Å². The van der Waals surface area contributed by atoms with Crippen LogP contribution in [-0.4, -0.2) is 18.5 Å². The van der Waals surface area contributed by atoms with Crippen molar-refractivity contribution in [3.63, 3.8) is 0 Å². The molecule has 0 spiro atoms. The number of hydrogen-bond acceptors (Lipinski definition) is 4. The van der Waals surface area contributed by atoms with E-state index in [0.717, 1.165) is 42.6 Å². The van der Waals surface area contributed by atoms with Crippen LogP contribution in [-0.2, 0) is 16.1 Å². The van der Waals surface area contributed by atoms with E-state index < -0.39 is 0 Å². The molecule has 3 aromatic carbocycles. The fraction of sp³-hybridized carbons (Fsp3) is 0.241. The monoisotopic (exact) mass is 457 g/mol. The van der Waals surface area contributed by atoms with E-state index in [1.54, 1.807) is 30.3 Å². The molecule has 3 aromatic rings. The maximum atomic E-state index is 12.2. The number of carbonyl (C=O) groups is 2. The molecule has 1 N–H and O–H groups in total. The van der Waals surface area contributed by atoms with E-state index in [9.17, 15) is 9.59 Å². The summed E-state index contributed by atoms with van der Waals surface area (Å²) < 4.78 is 11.1. The van der Waals surface area contributed by atoms with E-state index in [1.807, 2.05) is 54.6 Å². The van der Waals surface area contributed by atoms with Gasteiger partial charge in [0.15, 0.2) is 0 Å². The van der Waals surface area contributed by atoms with Gasteiger partial charge in [0.2, 0.25) is 5.91 Å². The minimum Gasteiger partial charge on any atom is -0.489 e. The molecule has 0 saturated carbocycles. The highest BCUT2D eigenvalue weighted by Crippen LogP contribution is 2.16. The van der Waals surface area contributed by atoms with Gasteiger partial charge >= 0.3 is 5.97 Å². The fourth-order valence-electron chi connectivity index (χ4n) is 3.24. The van der Waals surface area contributed by atoms with Crippen LogP contribution in [0.5, 0.6) is 5.75 Å². The Morgan fingerprint density at radius 3 is 2.29 bits per heavy atom. The number of carbonyl (C=O) groups excluding carboxylic acids is 2. The van der Waals surface area contributed by atoms with Crippen LogP contribution < -0.4 is 10.1 Å². The van der Waals surface area contributed by atoms with Crippen LogP contribution in [0.4, 0.5) is 5.69 Å². The Kier molecular flexibility index (Phi) is 9.93. The molecule has 0 bridgehead atoms. The van der Waals surface area contributed by atoms with Gasteiger partial charge in [0.1, 0.15) is 12.4 Å². The van der Waals surface area contributed by atoms with Gasteiger partial charge < -0.3 is 14.8 Å². The lowest BCUT2D eigenvalue weighted by molar-refractivity contribution is -0.111. The van der Waals surface area contributed by atoms with Gasteiger partial charge in [0.25, 0.3) is 0 Å². The van der Waals surface area contributed by atoms with E-state index in [1.165, 1.54) is 6.08 Å². The highest BCUT2D eigenvalue weighted by molar-refractivity contribution is 6.02. The summed E-state index contributed by atoms with van der Waals surface area (Å²) in [6, 6.07) is 24.2.